The van der Waals surface area contributed by atoms with Gasteiger partial charge in [0.25, 0.3) is 10.0 Å². The molecule has 7 heteroatoms. The fourth-order valence-electron chi connectivity index (χ4n) is 1.89. The van der Waals surface area contributed by atoms with Gasteiger partial charge in [-0.05, 0) is 24.1 Å². The Labute approximate surface area is 136 Å². The average Bonchev–Trinajstić information content (AvgIpc) is 2.93. The zero-order chi connectivity index (χ0) is 17.1. The van der Waals surface area contributed by atoms with Gasteiger partial charge in [-0.15, -0.1) is 0 Å². The normalized spacial score (nSPS) is 12.3. The summed E-state index contributed by atoms with van der Waals surface area (Å²) in [6, 6.07) is 6.62. The van der Waals surface area contributed by atoms with Crippen molar-refractivity contribution in [2.75, 3.05) is 18.4 Å². The SMILES string of the molecule is COCCc1ccc(S(=O)(=O)Nc2nc(C(C)(C)C)co2)cc1. The molecular formula is C16H22N2O4S. The summed E-state index contributed by atoms with van der Waals surface area (Å²) in [6.07, 6.45) is 2.20. The van der Waals surface area contributed by atoms with Crippen LogP contribution in [-0.4, -0.2) is 27.1 Å². The van der Waals surface area contributed by atoms with E-state index in [9.17, 15) is 8.42 Å². The van der Waals surface area contributed by atoms with Crippen molar-refractivity contribution in [3.63, 3.8) is 0 Å². The van der Waals surface area contributed by atoms with Crippen LogP contribution in [0.5, 0.6) is 0 Å². The molecule has 0 radical (unpaired) electrons. The van der Waals surface area contributed by atoms with Gasteiger partial charge in [-0.2, -0.15) is 4.98 Å². The summed E-state index contributed by atoms with van der Waals surface area (Å²) in [5, 5.41) is 0. The molecule has 0 bridgehead atoms. The Bertz CT molecular complexity index is 743. The molecule has 1 aromatic carbocycles. The third-order valence-electron chi connectivity index (χ3n) is 3.32. The number of nitrogens with one attached hydrogen (secondary N) is 1. The zero-order valence-corrected chi connectivity index (χ0v) is 14.6. The number of hydrogen-bond acceptors (Lipinski definition) is 5. The lowest BCUT2D eigenvalue weighted by Crippen LogP contribution is -2.15. The zero-order valence-electron chi connectivity index (χ0n) is 13.8. The van der Waals surface area contributed by atoms with Crippen molar-refractivity contribution in [2.24, 2.45) is 0 Å². The molecular weight excluding hydrogens is 316 g/mol. The van der Waals surface area contributed by atoms with Crippen molar-refractivity contribution < 1.29 is 17.6 Å². The second-order valence-electron chi connectivity index (χ2n) is 6.28. The number of rotatable bonds is 6. The first kappa shape index (κ1) is 17.5. The highest BCUT2D eigenvalue weighted by Gasteiger charge is 2.22. The summed E-state index contributed by atoms with van der Waals surface area (Å²) in [5.41, 5.74) is 1.48. The highest BCUT2D eigenvalue weighted by molar-refractivity contribution is 7.92. The minimum Gasteiger partial charge on any atom is -0.431 e. The number of oxazole rings is 1. The molecule has 6 nitrogen and oxygen atoms in total. The van der Waals surface area contributed by atoms with E-state index in [0.29, 0.717) is 12.3 Å². The van der Waals surface area contributed by atoms with Gasteiger partial charge in [0.15, 0.2) is 0 Å². The molecule has 126 valence electrons. The molecule has 2 aromatic rings. The maximum atomic E-state index is 12.4. The Hall–Kier alpha value is -1.86. The van der Waals surface area contributed by atoms with Crippen molar-refractivity contribution in [3.8, 4) is 0 Å². The first-order chi connectivity index (χ1) is 10.7. The molecule has 0 aliphatic heterocycles. The van der Waals surface area contributed by atoms with Gasteiger partial charge in [0.05, 0.1) is 17.2 Å². The van der Waals surface area contributed by atoms with E-state index in [0.717, 1.165) is 12.0 Å². The fourth-order valence-corrected chi connectivity index (χ4v) is 2.83. The van der Waals surface area contributed by atoms with Crippen molar-refractivity contribution in [1.29, 1.82) is 0 Å². The number of methoxy groups -OCH3 is 1. The lowest BCUT2D eigenvalue weighted by molar-refractivity contribution is 0.202. The van der Waals surface area contributed by atoms with Crippen LogP contribution in [0.3, 0.4) is 0 Å². The molecule has 1 aromatic heterocycles. The Balaban J connectivity index is 2.14. The number of nitrogens with zero attached hydrogens (tertiary/aromatic N) is 1. The van der Waals surface area contributed by atoms with Gasteiger partial charge in [0.2, 0.25) is 0 Å². The van der Waals surface area contributed by atoms with E-state index in [1.165, 1.54) is 6.26 Å². The second-order valence-corrected chi connectivity index (χ2v) is 7.96. The number of anilines is 1. The van der Waals surface area contributed by atoms with E-state index in [2.05, 4.69) is 9.71 Å². The topological polar surface area (TPSA) is 81.4 Å². The fraction of sp³-hybridized carbons (Fsp3) is 0.438. The Morgan fingerprint density at radius 3 is 2.39 bits per heavy atom. The number of sulfonamides is 1. The van der Waals surface area contributed by atoms with Crippen LogP contribution < -0.4 is 4.72 Å². The van der Waals surface area contributed by atoms with E-state index in [1.54, 1.807) is 31.4 Å². The van der Waals surface area contributed by atoms with E-state index in [-0.39, 0.29) is 16.3 Å². The average molecular weight is 338 g/mol. The Kier molecular flexibility index (Phi) is 5.11. The molecule has 0 saturated heterocycles. The van der Waals surface area contributed by atoms with Crippen LogP contribution in [0.1, 0.15) is 32.0 Å². The highest BCUT2D eigenvalue weighted by Crippen LogP contribution is 2.24. The van der Waals surface area contributed by atoms with Crippen LogP contribution in [-0.2, 0) is 26.6 Å². The molecule has 1 N–H and O–H groups in total. The molecule has 0 saturated carbocycles. The van der Waals surface area contributed by atoms with E-state index >= 15 is 0 Å². The minimum absolute atomic E-state index is 0.0293. The predicted octanol–water partition coefficient (Wildman–Crippen LogP) is 2.96. The summed E-state index contributed by atoms with van der Waals surface area (Å²) in [4.78, 5) is 4.34. The van der Waals surface area contributed by atoms with Gasteiger partial charge >= 0.3 is 6.01 Å². The number of aromatic nitrogens is 1. The Morgan fingerprint density at radius 1 is 1.22 bits per heavy atom. The van der Waals surface area contributed by atoms with Gasteiger partial charge in [0, 0.05) is 12.5 Å². The van der Waals surface area contributed by atoms with Crippen LogP contribution in [0.25, 0.3) is 0 Å². The number of ether oxygens (including phenoxy) is 1. The molecule has 0 amide bonds. The third kappa shape index (κ3) is 4.56. The molecule has 23 heavy (non-hydrogen) atoms. The molecule has 0 atom stereocenters. The monoisotopic (exact) mass is 338 g/mol. The smallest absolute Gasteiger partial charge is 0.309 e. The summed E-state index contributed by atoms with van der Waals surface area (Å²) < 4.78 is 37.3. The van der Waals surface area contributed by atoms with Crippen LogP contribution in [0, 0.1) is 0 Å². The first-order valence-electron chi connectivity index (χ1n) is 7.29. The van der Waals surface area contributed by atoms with Crippen LogP contribution in [0.2, 0.25) is 0 Å². The molecule has 2 rings (SSSR count). The van der Waals surface area contributed by atoms with Gasteiger partial charge in [-0.3, -0.25) is 0 Å². The van der Waals surface area contributed by atoms with Gasteiger partial charge in [0.1, 0.15) is 6.26 Å². The quantitative estimate of drug-likeness (QED) is 0.876. The number of benzene rings is 1. The molecule has 0 aliphatic rings. The van der Waals surface area contributed by atoms with E-state index in [1.807, 2.05) is 20.8 Å². The first-order valence-corrected chi connectivity index (χ1v) is 8.77. The largest absolute Gasteiger partial charge is 0.431 e. The lowest BCUT2D eigenvalue weighted by Gasteiger charge is -2.13. The standard InChI is InChI=1S/C16H22N2O4S/c1-16(2,3)14-11-22-15(17-14)18-23(19,20)13-7-5-12(6-8-13)9-10-21-4/h5-8,11H,9-10H2,1-4H3,(H,17,18). The number of hydrogen-bond donors (Lipinski definition) is 1. The molecule has 1 heterocycles. The van der Waals surface area contributed by atoms with Crippen molar-refractivity contribution in [3.05, 3.63) is 41.8 Å². The van der Waals surface area contributed by atoms with Crippen molar-refractivity contribution >= 4 is 16.0 Å². The highest BCUT2D eigenvalue weighted by atomic mass is 32.2. The maximum Gasteiger partial charge on any atom is 0.309 e. The maximum absolute atomic E-state index is 12.4. The molecule has 0 unspecified atom stereocenters. The van der Waals surface area contributed by atoms with Gasteiger partial charge in [-0.1, -0.05) is 32.9 Å². The summed E-state index contributed by atoms with van der Waals surface area (Å²) in [7, 11) is -2.09. The molecule has 0 fully saturated rings. The minimum atomic E-state index is -3.72. The van der Waals surface area contributed by atoms with Crippen LogP contribution in [0.15, 0.2) is 39.8 Å². The second kappa shape index (κ2) is 6.72. The van der Waals surface area contributed by atoms with Gasteiger partial charge < -0.3 is 9.15 Å². The summed E-state index contributed by atoms with van der Waals surface area (Å²) >= 11 is 0. The van der Waals surface area contributed by atoms with E-state index in [4.69, 9.17) is 9.15 Å². The summed E-state index contributed by atoms with van der Waals surface area (Å²) in [5.74, 6) is 0. The molecule has 0 spiro atoms. The van der Waals surface area contributed by atoms with Crippen molar-refractivity contribution in [2.45, 2.75) is 37.5 Å². The van der Waals surface area contributed by atoms with Crippen LogP contribution in [0.4, 0.5) is 6.01 Å². The molecule has 0 aliphatic carbocycles. The third-order valence-corrected chi connectivity index (χ3v) is 4.66. The van der Waals surface area contributed by atoms with Crippen molar-refractivity contribution in [1.82, 2.24) is 4.98 Å². The lowest BCUT2D eigenvalue weighted by atomic mass is 9.93. The van der Waals surface area contributed by atoms with E-state index < -0.39 is 10.0 Å². The van der Waals surface area contributed by atoms with Crippen LogP contribution >= 0.6 is 0 Å². The van der Waals surface area contributed by atoms with Gasteiger partial charge in [-0.25, -0.2) is 13.1 Å². The Morgan fingerprint density at radius 2 is 1.87 bits per heavy atom. The predicted molar refractivity (Wildman–Crippen MR) is 88.0 cm³/mol. The summed E-state index contributed by atoms with van der Waals surface area (Å²) in [6.45, 7) is 6.52.